The number of esters is 1. The lowest BCUT2D eigenvalue weighted by molar-refractivity contribution is -0.151. The molecule has 0 aliphatic heterocycles. The van der Waals surface area contributed by atoms with E-state index in [-0.39, 0.29) is 24.9 Å². The fourth-order valence-corrected chi connectivity index (χ4v) is 7.55. The van der Waals surface area contributed by atoms with E-state index in [1.807, 2.05) is 0 Å². The molecule has 0 saturated carbocycles. The van der Waals surface area contributed by atoms with Gasteiger partial charge >= 0.3 is 5.97 Å². The lowest BCUT2D eigenvalue weighted by atomic mass is 10.0. The second-order valence-corrected chi connectivity index (χ2v) is 16.5. The number of nitrogens with one attached hydrogen (secondary N) is 1. The van der Waals surface area contributed by atoms with Crippen LogP contribution in [-0.2, 0) is 14.3 Å². The van der Waals surface area contributed by atoms with E-state index in [1.165, 1.54) is 173 Å². The number of unbranched alkanes of at least 4 members (excludes halogenated alkanes) is 31. The van der Waals surface area contributed by atoms with E-state index in [9.17, 15) is 19.8 Å². The highest BCUT2D eigenvalue weighted by Gasteiger charge is 2.24. The Morgan fingerprint density at radius 2 is 0.792 bits per heavy atom. The topological polar surface area (TPSA) is 95.9 Å². The van der Waals surface area contributed by atoms with Crippen molar-refractivity contribution < 1.29 is 24.5 Å². The van der Waals surface area contributed by atoms with E-state index in [4.69, 9.17) is 4.74 Å². The van der Waals surface area contributed by atoms with Gasteiger partial charge in [-0.2, -0.15) is 0 Å². The van der Waals surface area contributed by atoms with Crippen LogP contribution in [0.15, 0.2) is 0 Å². The fraction of sp³-hybridized carbons (Fsp3) is 0.957. The Hall–Kier alpha value is -1.14. The maximum absolute atomic E-state index is 13.1. The number of ether oxygens (including phenoxy) is 1. The highest BCUT2D eigenvalue weighted by atomic mass is 16.5. The molecular weight excluding hydrogens is 659 g/mol. The third kappa shape index (κ3) is 37.6. The molecule has 0 aliphatic carbocycles. The van der Waals surface area contributed by atoms with Gasteiger partial charge in [0.2, 0.25) is 5.91 Å². The van der Waals surface area contributed by atoms with Crippen LogP contribution in [0, 0.1) is 0 Å². The first-order valence-electron chi connectivity index (χ1n) is 23.8. The summed E-state index contributed by atoms with van der Waals surface area (Å²) in [6, 6.07) is -0.690. The molecule has 6 nitrogen and oxygen atoms in total. The predicted molar refractivity (Wildman–Crippen MR) is 227 cm³/mol. The zero-order chi connectivity index (χ0) is 38.9. The molecule has 0 aromatic rings. The fourth-order valence-electron chi connectivity index (χ4n) is 7.55. The van der Waals surface area contributed by atoms with Crippen LogP contribution in [0.2, 0.25) is 0 Å². The molecule has 0 rings (SSSR count). The highest BCUT2D eigenvalue weighted by Crippen LogP contribution is 2.18. The summed E-state index contributed by atoms with van der Waals surface area (Å²) in [5.74, 6) is -0.458. The van der Waals surface area contributed by atoms with Crippen LogP contribution < -0.4 is 5.32 Å². The average molecular weight is 752 g/mol. The summed E-state index contributed by atoms with van der Waals surface area (Å²) in [7, 11) is 0. The van der Waals surface area contributed by atoms with Crippen molar-refractivity contribution in [3.63, 3.8) is 0 Å². The first-order chi connectivity index (χ1) is 26.0. The molecule has 1 amide bonds. The Bertz CT molecular complexity index is 761. The summed E-state index contributed by atoms with van der Waals surface area (Å²) in [6.07, 6.45) is 43.0. The van der Waals surface area contributed by atoms with E-state index < -0.39 is 18.2 Å². The van der Waals surface area contributed by atoms with Gasteiger partial charge in [0.1, 0.15) is 6.10 Å². The van der Waals surface area contributed by atoms with Crippen molar-refractivity contribution in [2.24, 2.45) is 0 Å². The number of carbonyl (C=O) groups is 2. The van der Waals surface area contributed by atoms with E-state index >= 15 is 0 Å². The summed E-state index contributed by atoms with van der Waals surface area (Å²) < 4.78 is 5.91. The minimum atomic E-state index is -0.777. The zero-order valence-electron chi connectivity index (χ0n) is 35.9. The molecule has 0 aliphatic rings. The quantitative estimate of drug-likeness (QED) is 0.0426. The van der Waals surface area contributed by atoms with Crippen molar-refractivity contribution >= 4 is 11.9 Å². The van der Waals surface area contributed by atoms with Crippen molar-refractivity contribution in [3.8, 4) is 0 Å². The van der Waals surface area contributed by atoms with Gasteiger partial charge in [0, 0.05) is 6.42 Å². The third-order valence-electron chi connectivity index (χ3n) is 11.2. The van der Waals surface area contributed by atoms with Crippen LogP contribution >= 0.6 is 0 Å². The number of aliphatic hydroxyl groups is 2. The molecule has 0 spiro atoms. The molecule has 3 atom stereocenters. The van der Waals surface area contributed by atoms with E-state index in [2.05, 4.69) is 26.1 Å². The minimum Gasteiger partial charge on any atom is -0.462 e. The molecule has 0 aromatic heterocycles. The molecule has 0 bridgehead atoms. The molecule has 0 heterocycles. The number of rotatable bonds is 43. The van der Waals surface area contributed by atoms with Crippen molar-refractivity contribution in [1.82, 2.24) is 5.32 Å². The number of hydrogen-bond acceptors (Lipinski definition) is 5. The summed E-state index contributed by atoms with van der Waals surface area (Å²) in [4.78, 5) is 26.0. The zero-order valence-corrected chi connectivity index (χ0v) is 35.9. The monoisotopic (exact) mass is 752 g/mol. The molecule has 53 heavy (non-hydrogen) atoms. The number of aliphatic hydroxyl groups excluding tert-OH is 2. The SMILES string of the molecule is CCCCCCCCCCCCCCCCC(CC(=O)NC(CO)C(O)CCCCCCCCCCCC)OC(=O)CCCCCCCCCCCC. The number of amides is 1. The molecule has 0 fully saturated rings. The van der Waals surface area contributed by atoms with Gasteiger partial charge in [-0.25, -0.2) is 0 Å². The molecule has 0 radical (unpaired) electrons. The first kappa shape index (κ1) is 51.9. The third-order valence-corrected chi connectivity index (χ3v) is 11.2. The summed E-state index contributed by atoms with van der Waals surface area (Å²) in [6.45, 7) is 6.47. The van der Waals surface area contributed by atoms with Crippen LogP contribution in [0.4, 0.5) is 0 Å². The van der Waals surface area contributed by atoms with Gasteiger partial charge in [-0.05, 0) is 25.7 Å². The largest absolute Gasteiger partial charge is 0.462 e. The van der Waals surface area contributed by atoms with E-state index in [0.717, 1.165) is 44.9 Å². The number of carbonyl (C=O) groups excluding carboxylic acids is 2. The Kier molecular flexibility index (Phi) is 41.1. The summed E-state index contributed by atoms with van der Waals surface area (Å²) in [5, 5.41) is 23.6. The molecule has 6 heteroatoms. The Labute approximate surface area is 330 Å². The van der Waals surface area contributed by atoms with Crippen LogP contribution in [0.25, 0.3) is 0 Å². The van der Waals surface area contributed by atoms with Crippen LogP contribution in [0.3, 0.4) is 0 Å². The molecule has 0 aromatic carbocycles. The van der Waals surface area contributed by atoms with Gasteiger partial charge in [-0.3, -0.25) is 9.59 Å². The van der Waals surface area contributed by atoms with Crippen molar-refractivity contribution in [1.29, 1.82) is 0 Å². The second-order valence-electron chi connectivity index (χ2n) is 16.5. The van der Waals surface area contributed by atoms with Crippen molar-refractivity contribution in [2.75, 3.05) is 6.61 Å². The van der Waals surface area contributed by atoms with Crippen molar-refractivity contribution in [3.05, 3.63) is 0 Å². The molecule has 316 valence electrons. The molecular formula is C47H93NO5. The Balaban J connectivity index is 4.54. The van der Waals surface area contributed by atoms with Crippen molar-refractivity contribution in [2.45, 2.75) is 283 Å². The van der Waals surface area contributed by atoms with Gasteiger partial charge < -0.3 is 20.3 Å². The standard InChI is InChI=1S/C47H93NO5/c1-4-7-10-13-16-19-22-23-24-25-26-29-32-35-38-43(53-47(52)40-37-34-31-28-21-18-15-12-9-6-3)41-46(51)48-44(42-49)45(50)39-36-33-30-27-20-17-14-11-8-5-2/h43-45,49-50H,4-42H2,1-3H3,(H,48,51). The maximum atomic E-state index is 13.1. The van der Waals surface area contributed by atoms with Crippen LogP contribution in [-0.4, -0.2) is 46.9 Å². The predicted octanol–water partition coefficient (Wildman–Crippen LogP) is 13.6. The van der Waals surface area contributed by atoms with Gasteiger partial charge in [0.25, 0.3) is 0 Å². The average Bonchev–Trinajstić information content (AvgIpc) is 3.15. The summed E-state index contributed by atoms with van der Waals surface area (Å²) in [5.41, 5.74) is 0. The lowest BCUT2D eigenvalue weighted by Crippen LogP contribution is -2.46. The molecule has 0 saturated heterocycles. The maximum Gasteiger partial charge on any atom is 0.306 e. The van der Waals surface area contributed by atoms with Gasteiger partial charge in [-0.1, -0.05) is 226 Å². The summed E-state index contributed by atoms with van der Waals surface area (Å²) >= 11 is 0. The number of hydrogen-bond donors (Lipinski definition) is 3. The van der Waals surface area contributed by atoms with E-state index in [1.54, 1.807) is 0 Å². The van der Waals surface area contributed by atoms with Gasteiger partial charge in [-0.15, -0.1) is 0 Å². The van der Waals surface area contributed by atoms with E-state index in [0.29, 0.717) is 19.3 Å². The minimum absolute atomic E-state index is 0.0870. The molecule has 3 N–H and O–H groups in total. The smallest absolute Gasteiger partial charge is 0.306 e. The normalized spacial score (nSPS) is 13.2. The van der Waals surface area contributed by atoms with Gasteiger partial charge in [0.15, 0.2) is 0 Å². The van der Waals surface area contributed by atoms with Gasteiger partial charge in [0.05, 0.1) is 25.2 Å². The Morgan fingerprint density at radius 3 is 1.15 bits per heavy atom. The second kappa shape index (κ2) is 42.0. The van der Waals surface area contributed by atoms with Crippen LogP contribution in [0.1, 0.15) is 265 Å². The lowest BCUT2D eigenvalue weighted by Gasteiger charge is -2.24. The van der Waals surface area contributed by atoms with Crippen LogP contribution in [0.5, 0.6) is 0 Å². The first-order valence-corrected chi connectivity index (χ1v) is 23.8. The Morgan fingerprint density at radius 1 is 0.472 bits per heavy atom. The molecule has 3 unspecified atom stereocenters. The highest BCUT2D eigenvalue weighted by molar-refractivity contribution is 5.77.